The molecule has 0 bridgehead atoms. The smallest absolute Gasteiger partial charge is 0.244 e. The number of benzene rings is 1. The van der Waals surface area contributed by atoms with E-state index in [0.29, 0.717) is 0 Å². The Hall–Kier alpha value is -1.62. The molecule has 0 fully saturated rings. The molecule has 0 aliphatic heterocycles. The number of nitrogens with zero attached hydrogens (tertiary/aromatic N) is 2. The summed E-state index contributed by atoms with van der Waals surface area (Å²) in [6, 6.07) is 5.85. The maximum atomic E-state index is 12.7. The van der Waals surface area contributed by atoms with E-state index >= 15 is 0 Å². The summed E-state index contributed by atoms with van der Waals surface area (Å²) in [5, 5.41) is 12.0. The number of carbonyl (C=O) groups is 1. The van der Waals surface area contributed by atoms with Crippen LogP contribution in [0.15, 0.2) is 23.1 Å². The molecule has 23 heavy (non-hydrogen) atoms. The van der Waals surface area contributed by atoms with E-state index < -0.39 is 21.5 Å². The molecule has 1 amide bonds. The lowest BCUT2D eigenvalue weighted by Gasteiger charge is -2.25. The van der Waals surface area contributed by atoms with Gasteiger partial charge in [0.05, 0.1) is 12.1 Å². The van der Waals surface area contributed by atoms with E-state index in [1.807, 2.05) is 6.07 Å². The molecule has 126 valence electrons. The maximum absolute atomic E-state index is 12.7. The van der Waals surface area contributed by atoms with Gasteiger partial charge in [-0.25, -0.2) is 8.42 Å². The van der Waals surface area contributed by atoms with Gasteiger partial charge in [-0.15, -0.1) is 0 Å². The number of nitriles is 1. The van der Waals surface area contributed by atoms with Gasteiger partial charge in [0.25, 0.3) is 0 Å². The predicted molar refractivity (Wildman–Crippen MR) is 88.5 cm³/mol. The van der Waals surface area contributed by atoms with Crippen LogP contribution in [0.2, 0.25) is 5.02 Å². The molecule has 0 aromatic heterocycles. The molecule has 0 heterocycles. The first-order valence-electron chi connectivity index (χ1n) is 7.02. The van der Waals surface area contributed by atoms with Crippen LogP contribution in [0.25, 0.3) is 0 Å². The Morgan fingerprint density at radius 1 is 1.39 bits per heavy atom. The van der Waals surface area contributed by atoms with Gasteiger partial charge in [0.2, 0.25) is 15.9 Å². The number of likely N-dealkylation sites (N-methyl/N-ethyl adjacent to an activating group) is 1. The first-order chi connectivity index (χ1) is 10.5. The fraction of sp³-hybridized carbons (Fsp3) is 0.467. The molecule has 1 aromatic rings. The first kappa shape index (κ1) is 19.4. The molecule has 1 aromatic carbocycles. The van der Waals surface area contributed by atoms with Gasteiger partial charge in [-0.2, -0.15) is 9.57 Å². The molecule has 6 nitrogen and oxygen atoms in total. The van der Waals surface area contributed by atoms with Crippen molar-refractivity contribution >= 4 is 27.5 Å². The Morgan fingerprint density at radius 2 is 2.00 bits per heavy atom. The Kier molecular flexibility index (Phi) is 6.17. The van der Waals surface area contributed by atoms with Gasteiger partial charge in [0.15, 0.2) is 0 Å². The standard InChI is InChI=1S/C15H20ClN3O3S/c1-5-19(10-14(20)18-15(2,3)4)23(21,22)13-8-12(16)7-6-11(13)9-17/h6-8H,5,10H2,1-4H3,(H,18,20). The molecule has 0 aliphatic rings. The Bertz CT molecular complexity index is 733. The van der Waals surface area contributed by atoms with Crippen LogP contribution in [0.1, 0.15) is 33.3 Å². The van der Waals surface area contributed by atoms with Gasteiger partial charge in [-0.1, -0.05) is 18.5 Å². The van der Waals surface area contributed by atoms with E-state index in [1.165, 1.54) is 18.2 Å². The number of sulfonamides is 1. The molecule has 8 heteroatoms. The molecule has 1 rings (SSSR count). The van der Waals surface area contributed by atoms with Crippen LogP contribution in [-0.4, -0.2) is 37.3 Å². The van der Waals surface area contributed by atoms with Crippen LogP contribution >= 0.6 is 11.6 Å². The molecular formula is C15H20ClN3O3S. The molecule has 1 N–H and O–H groups in total. The van der Waals surface area contributed by atoms with Crippen LogP contribution < -0.4 is 5.32 Å². The van der Waals surface area contributed by atoms with E-state index in [1.54, 1.807) is 27.7 Å². The summed E-state index contributed by atoms with van der Waals surface area (Å²) < 4.78 is 26.5. The van der Waals surface area contributed by atoms with Crippen LogP contribution in [0.4, 0.5) is 0 Å². The number of rotatable bonds is 5. The number of carbonyl (C=O) groups excluding carboxylic acids is 1. The molecule has 0 saturated carbocycles. The Morgan fingerprint density at radius 3 is 2.48 bits per heavy atom. The monoisotopic (exact) mass is 357 g/mol. The second-order valence-corrected chi connectivity index (χ2v) is 8.32. The third-order valence-electron chi connectivity index (χ3n) is 2.87. The van der Waals surface area contributed by atoms with Gasteiger partial charge in [0.1, 0.15) is 11.0 Å². The zero-order valence-electron chi connectivity index (χ0n) is 13.6. The number of hydrogen-bond donors (Lipinski definition) is 1. The van der Waals surface area contributed by atoms with Gasteiger partial charge in [-0.05, 0) is 39.0 Å². The zero-order chi connectivity index (χ0) is 17.8. The number of nitrogens with one attached hydrogen (secondary N) is 1. The lowest BCUT2D eigenvalue weighted by atomic mass is 10.1. The highest BCUT2D eigenvalue weighted by molar-refractivity contribution is 7.89. The SMILES string of the molecule is CCN(CC(=O)NC(C)(C)C)S(=O)(=O)c1cc(Cl)ccc1C#N. The average Bonchev–Trinajstić information content (AvgIpc) is 2.42. The van der Waals surface area contributed by atoms with Crippen molar-refractivity contribution in [1.29, 1.82) is 5.26 Å². The molecule has 0 spiro atoms. The Labute approximate surface area is 142 Å². The van der Waals surface area contributed by atoms with E-state index in [2.05, 4.69) is 5.32 Å². The number of hydrogen-bond acceptors (Lipinski definition) is 4. The lowest BCUT2D eigenvalue weighted by Crippen LogP contribution is -2.47. The highest BCUT2D eigenvalue weighted by atomic mass is 35.5. The summed E-state index contributed by atoms with van der Waals surface area (Å²) >= 11 is 5.85. The van der Waals surface area contributed by atoms with Crippen LogP contribution in [-0.2, 0) is 14.8 Å². The van der Waals surface area contributed by atoms with Crippen molar-refractivity contribution in [2.45, 2.75) is 38.1 Å². The van der Waals surface area contributed by atoms with Gasteiger partial charge in [0, 0.05) is 17.1 Å². The molecule has 0 aliphatic carbocycles. The van der Waals surface area contributed by atoms with Crippen molar-refractivity contribution in [3.63, 3.8) is 0 Å². The first-order valence-corrected chi connectivity index (χ1v) is 8.84. The Balaban J connectivity index is 3.17. The lowest BCUT2D eigenvalue weighted by molar-refractivity contribution is -0.122. The van der Waals surface area contributed by atoms with Gasteiger partial charge in [-0.3, -0.25) is 4.79 Å². The van der Waals surface area contributed by atoms with Crippen LogP contribution in [0.5, 0.6) is 0 Å². The highest BCUT2D eigenvalue weighted by Crippen LogP contribution is 2.23. The van der Waals surface area contributed by atoms with E-state index in [0.717, 1.165) is 4.31 Å². The highest BCUT2D eigenvalue weighted by Gasteiger charge is 2.29. The summed E-state index contributed by atoms with van der Waals surface area (Å²) in [6.45, 7) is 6.81. The summed E-state index contributed by atoms with van der Waals surface area (Å²) in [6.07, 6.45) is 0. The summed E-state index contributed by atoms with van der Waals surface area (Å²) in [4.78, 5) is 11.8. The van der Waals surface area contributed by atoms with Crippen LogP contribution in [0, 0.1) is 11.3 Å². The minimum Gasteiger partial charge on any atom is -0.350 e. The van der Waals surface area contributed by atoms with Crippen molar-refractivity contribution in [1.82, 2.24) is 9.62 Å². The van der Waals surface area contributed by atoms with Crippen molar-refractivity contribution in [2.24, 2.45) is 0 Å². The van der Waals surface area contributed by atoms with E-state index in [-0.39, 0.29) is 28.6 Å². The van der Waals surface area contributed by atoms with Gasteiger partial charge < -0.3 is 5.32 Å². The van der Waals surface area contributed by atoms with Crippen molar-refractivity contribution in [3.05, 3.63) is 28.8 Å². The largest absolute Gasteiger partial charge is 0.350 e. The number of halogens is 1. The fourth-order valence-corrected chi connectivity index (χ4v) is 3.74. The number of amides is 1. The second kappa shape index (κ2) is 7.30. The fourth-order valence-electron chi connectivity index (χ4n) is 1.93. The molecule has 0 saturated heterocycles. The summed E-state index contributed by atoms with van der Waals surface area (Å²) in [5.41, 5.74) is -0.474. The van der Waals surface area contributed by atoms with Crippen molar-refractivity contribution < 1.29 is 13.2 Å². The quantitative estimate of drug-likeness (QED) is 0.874. The summed E-state index contributed by atoms with van der Waals surface area (Å²) in [5.74, 6) is -0.413. The van der Waals surface area contributed by atoms with Crippen molar-refractivity contribution in [2.75, 3.05) is 13.1 Å². The van der Waals surface area contributed by atoms with E-state index in [9.17, 15) is 13.2 Å². The third-order valence-corrected chi connectivity index (χ3v) is 5.06. The minimum atomic E-state index is -4.00. The van der Waals surface area contributed by atoms with Gasteiger partial charge >= 0.3 is 0 Å². The predicted octanol–water partition coefficient (Wildman–Crippen LogP) is 2.14. The maximum Gasteiger partial charge on any atom is 0.244 e. The van der Waals surface area contributed by atoms with Crippen molar-refractivity contribution in [3.8, 4) is 6.07 Å². The average molecular weight is 358 g/mol. The molecule has 0 atom stereocenters. The molecule has 0 radical (unpaired) electrons. The van der Waals surface area contributed by atoms with E-state index in [4.69, 9.17) is 16.9 Å². The normalized spacial score (nSPS) is 12.0. The second-order valence-electron chi connectivity index (χ2n) is 5.98. The topological polar surface area (TPSA) is 90.3 Å². The zero-order valence-corrected chi connectivity index (χ0v) is 15.1. The van der Waals surface area contributed by atoms with Crippen LogP contribution in [0.3, 0.4) is 0 Å². The molecular weight excluding hydrogens is 338 g/mol. The molecule has 0 unspecified atom stereocenters. The third kappa shape index (κ3) is 5.20. The minimum absolute atomic E-state index is 0.0101. The summed E-state index contributed by atoms with van der Waals surface area (Å²) in [7, 11) is -4.00.